The Labute approximate surface area is 179 Å². The number of nitrogens with zero attached hydrogens (tertiary/aromatic N) is 1. The largest absolute Gasteiger partial charge is 0.416 e. The number of aliphatic hydroxyl groups is 1. The van der Waals surface area contributed by atoms with Gasteiger partial charge in [-0.1, -0.05) is 0 Å². The van der Waals surface area contributed by atoms with Crippen LogP contribution in [0.5, 0.6) is 0 Å². The fraction of sp³-hybridized carbons (Fsp3) is 0.238. The van der Waals surface area contributed by atoms with Crippen molar-refractivity contribution in [3.63, 3.8) is 0 Å². The molecule has 8 nitrogen and oxygen atoms in total. The molecule has 1 aliphatic rings. The summed E-state index contributed by atoms with van der Waals surface area (Å²) in [6, 6.07) is 8.97. The molecule has 0 spiro atoms. The van der Waals surface area contributed by atoms with Gasteiger partial charge in [-0.25, -0.2) is 0 Å². The van der Waals surface area contributed by atoms with Crippen molar-refractivity contribution in [2.75, 3.05) is 29.1 Å². The van der Waals surface area contributed by atoms with Gasteiger partial charge in [-0.3, -0.25) is 9.59 Å². The Balaban J connectivity index is 1.47. The Bertz CT molecular complexity index is 1160. The number of H-pyrrole nitrogens is 1. The van der Waals surface area contributed by atoms with Gasteiger partial charge in [0.1, 0.15) is 5.82 Å². The standard InChI is InChI=1S/C21H19F3N4O4/c22-21(23,24)12-1-4-14(5-2-12)28-7-8-32-17(20(28)31)16(29)19(30)27-13-3-6-15-11(9-13)10-26-18(15)25/h1-6,9-10,16-17,26,29H,7-8,25H2,(H,27,30)/t16-,17-/m1/s1. The second kappa shape index (κ2) is 8.17. The van der Waals surface area contributed by atoms with Crippen molar-refractivity contribution in [2.24, 2.45) is 0 Å². The maximum Gasteiger partial charge on any atom is 0.416 e. The van der Waals surface area contributed by atoms with Crippen molar-refractivity contribution in [3.05, 3.63) is 54.2 Å². The number of hydrogen-bond donors (Lipinski definition) is 4. The number of aliphatic hydroxyl groups excluding tert-OH is 1. The lowest BCUT2D eigenvalue weighted by atomic mass is 10.1. The number of benzene rings is 2. The molecule has 0 aliphatic carbocycles. The quantitative estimate of drug-likeness (QED) is 0.489. The molecule has 4 rings (SSSR count). The molecule has 0 bridgehead atoms. The Kier molecular flexibility index (Phi) is 5.53. The zero-order chi connectivity index (χ0) is 23.0. The van der Waals surface area contributed by atoms with Gasteiger partial charge in [-0.05, 0) is 42.5 Å². The third kappa shape index (κ3) is 4.12. The molecule has 32 heavy (non-hydrogen) atoms. The topological polar surface area (TPSA) is 121 Å². The molecule has 2 heterocycles. The molecule has 2 atom stereocenters. The number of nitrogens with two attached hydrogens (primary N) is 1. The summed E-state index contributed by atoms with van der Waals surface area (Å²) in [6.45, 7) is 0.0664. The number of halogens is 3. The minimum absolute atomic E-state index is 0.00362. The number of anilines is 3. The Morgan fingerprint density at radius 1 is 1.25 bits per heavy atom. The lowest BCUT2D eigenvalue weighted by Gasteiger charge is -2.34. The number of nitrogen functional groups attached to an aromatic ring is 1. The van der Waals surface area contributed by atoms with E-state index < -0.39 is 35.8 Å². The van der Waals surface area contributed by atoms with E-state index in [9.17, 15) is 27.9 Å². The summed E-state index contributed by atoms with van der Waals surface area (Å²) < 4.78 is 43.6. The number of fused-ring (bicyclic) bond motifs is 1. The van der Waals surface area contributed by atoms with Crippen molar-refractivity contribution in [3.8, 4) is 0 Å². The van der Waals surface area contributed by atoms with Gasteiger partial charge < -0.3 is 30.8 Å². The summed E-state index contributed by atoms with van der Waals surface area (Å²) in [7, 11) is 0. The van der Waals surface area contributed by atoms with Crippen molar-refractivity contribution < 1.29 is 32.6 Å². The number of ether oxygens (including phenoxy) is 1. The molecule has 2 amide bonds. The van der Waals surface area contributed by atoms with Gasteiger partial charge in [-0.15, -0.1) is 0 Å². The lowest BCUT2D eigenvalue weighted by molar-refractivity contribution is -0.150. The molecule has 1 fully saturated rings. The molecule has 0 unspecified atom stereocenters. The summed E-state index contributed by atoms with van der Waals surface area (Å²) in [5.41, 5.74) is 5.52. The van der Waals surface area contributed by atoms with Crippen LogP contribution in [0.15, 0.2) is 48.7 Å². The molecule has 11 heteroatoms. The minimum Gasteiger partial charge on any atom is -0.385 e. The molecular formula is C21H19F3N4O4. The average Bonchev–Trinajstić information content (AvgIpc) is 3.13. The number of amides is 2. The third-order valence-corrected chi connectivity index (χ3v) is 5.18. The Hall–Kier alpha value is -3.57. The predicted octanol–water partition coefficient (Wildman–Crippen LogP) is 2.50. The van der Waals surface area contributed by atoms with Crippen molar-refractivity contribution in [2.45, 2.75) is 18.4 Å². The van der Waals surface area contributed by atoms with E-state index >= 15 is 0 Å². The van der Waals surface area contributed by atoms with Gasteiger partial charge in [0.05, 0.1) is 12.2 Å². The fourth-order valence-corrected chi connectivity index (χ4v) is 3.51. The van der Waals surface area contributed by atoms with Crippen LogP contribution in [0.25, 0.3) is 10.8 Å². The van der Waals surface area contributed by atoms with Crippen molar-refractivity contribution in [1.82, 2.24) is 4.98 Å². The summed E-state index contributed by atoms with van der Waals surface area (Å²) in [4.78, 5) is 29.4. The van der Waals surface area contributed by atoms with E-state index in [-0.39, 0.29) is 18.8 Å². The van der Waals surface area contributed by atoms with Gasteiger partial charge in [0.2, 0.25) is 0 Å². The monoisotopic (exact) mass is 448 g/mol. The van der Waals surface area contributed by atoms with Crippen LogP contribution < -0.4 is 16.0 Å². The fourth-order valence-electron chi connectivity index (χ4n) is 3.51. The second-order valence-corrected chi connectivity index (χ2v) is 7.26. The molecule has 1 aliphatic heterocycles. The van der Waals surface area contributed by atoms with E-state index in [0.29, 0.717) is 11.5 Å². The molecule has 2 aromatic carbocycles. The normalized spacial score (nSPS) is 18.1. The summed E-state index contributed by atoms with van der Waals surface area (Å²) in [5.74, 6) is -1.12. The van der Waals surface area contributed by atoms with Crippen LogP contribution in [-0.2, 0) is 20.5 Å². The molecule has 1 aromatic heterocycles. The average molecular weight is 448 g/mol. The molecule has 0 radical (unpaired) electrons. The number of alkyl halides is 3. The summed E-state index contributed by atoms with van der Waals surface area (Å²) >= 11 is 0. The van der Waals surface area contributed by atoms with Gasteiger partial charge in [-0.2, -0.15) is 13.2 Å². The number of nitrogens with one attached hydrogen (secondary N) is 2. The maximum atomic E-state index is 12.8. The van der Waals surface area contributed by atoms with E-state index in [0.717, 1.165) is 35.0 Å². The Morgan fingerprint density at radius 2 is 1.97 bits per heavy atom. The predicted molar refractivity (Wildman–Crippen MR) is 111 cm³/mol. The van der Waals surface area contributed by atoms with Gasteiger partial charge in [0, 0.05) is 34.9 Å². The molecule has 1 saturated heterocycles. The number of morpholine rings is 1. The molecule has 3 aromatic rings. The zero-order valence-corrected chi connectivity index (χ0v) is 16.5. The zero-order valence-electron chi connectivity index (χ0n) is 16.5. The number of aromatic amines is 1. The highest BCUT2D eigenvalue weighted by molar-refractivity contribution is 6.04. The van der Waals surface area contributed by atoms with Crippen LogP contribution in [0.1, 0.15) is 5.56 Å². The molecule has 168 valence electrons. The maximum absolute atomic E-state index is 12.8. The number of carbonyl (C=O) groups is 2. The van der Waals surface area contributed by atoms with E-state index in [1.165, 1.54) is 4.90 Å². The first-order valence-corrected chi connectivity index (χ1v) is 9.61. The molecule has 0 saturated carbocycles. The number of hydrogen-bond acceptors (Lipinski definition) is 5. The Morgan fingerprint density at radius 3 is 2.66 bits per heavy atom. The first kappa shape index (κ1) is 21.7. The highest BCUT2D eigenvalue weighted by Crippen LogP contribution is 2.31. The minimum atomic E-state index is -4.50. The number of carbonyl (C=O) groups excluding carboxylic acids is 2. The van der Waals surface area contributed by atoms with E-state index in [1.807, 2.05) is 0 Å². The highest BCUT2D eigenvalue weighted by Gasteiger charge is 2.39. The van der Waals surface area contributed by atoms with Crippen molar-refractivity contribution in [1.29, 1.82) is 0 Å². The van der Waals surface area contributed by atoms with Crippen molar-refractivity contribution >= 4 is 39.8 Å². The van der Waals surface area contributed by atoms with Crippen LogP contribution in [0, 0.1) is 0 Å². The van der Waals surface area contributed by atoms with Crippen LogP contribution in [0.3, 0.4) is 0 Å². The van der Waals surface area contributed by atoms with Gasteiger partial charge >= 0.3 is 6.18 Å². The van der Waals surface area contributed by atoms with E-state index in [4.69, 9.17) is 10.5 Å². The van der Waals surface area contributed by atoms with E-state index in [1.54, 1.807) is 24.4 Å². The van der Waals surface area contributed by atoms with Crippen LogP contribution in [0.4, 0.5) is 30.4 Å². The summed E-state index contributed by atoms with van der Waals surface area (Å²) in [6.07, 6.45) is -6.17. The molecular weight excluding hydrogens is 429 g/mol. The first-order valence-electron chi connectivity index (χ1n) is 9.61. The van der Waals surface area contributed by atoms with Crippen LogP contribution >= 0.6 is 0 Å². The van der Waals surface area contributed by atoms with Crippen LogP contribution in [0.2, 0.25) is 0 Å². The smallest absolute Gasteiger partial charge is 0.385 e. The lowest BCUT2D eigenvalue weighted by Crippen LogP contribution is -2.55. The van der Waals surface area contributed by atoms with Gasteiger partial charge in [0.25, 0.3) is 11.8 Å². The number of rotatable bonds is 4. The number of aromatic nitrogens is 1. The SMILES string of the molecule is Nc1[nH]cc2cc(NC(=O)[C@H](O)[C@H]3OCCN(c4ccc(C(F)(F)F)cc4)C3=O)ccc12. The highest BCUT2D eigenvalue weighted by atomic mass is 19.4. The second-order valence-electron chi connectivity index (χ2n) is 7.26. The third-order valence-electron chi connectivity index (χ3n) is 5.18. The summed E-state index contributed by atoms with van der Waals surface area (Å²) in [5, 5.41) is 14.5. The van der Waals surface area contributed by atoms with E-state index in [2.05, 4.69) is 10.3 Å². The molecule has 5 N–H and O–H groups in total. The van der Waals surface area contributed by atoms with Gasteiger partial charge in [0.15, 0.2) is 12.2 Å². The van der Waals surface area contributed by atoms with Crippen LogP contribution in [-0.4, -0.2) is 47.3 Å². The first-order chi connectivity index (χ1) is 15.1.